The number of likely N-dealkylation sites (tertiary alicyclic amines) is 1. The number of hydrogen-bond acceptors (Lipinski definition) is 6. The number of rotatable bonds is 6. The normalized spacial score (nSPS) is 17.5. The minimum Gasteiger partial charge on any atom is -0.593 e. The fourth-order valence-corrected chi connectivity index (χ4v) is 5.09. The maximum absolute atomic E-state index is 13.6. The first-order valence-corrected chi connectivity index (χ1v) is 12.2. The number of nitrogens with zero attached hydrogens (tertiary/aromatic N) is 2. The van der Waals surface area contributed by atoms with E-state index in [1.165, 1.54) is 7.11 Å². The van der Waals surface area contributed by atoms with Gasteiger partial charge in [-0.1, -0.05) is 30.3 Å². The monoisotopic (exact) mass is 472 g/mol. The molecule has 0 N–H and O–H groups in total. The standard InChI is InChI=1S/C25H32N2O5S/c1-25(2,3)32-24(29)26-16-8-9-21(18-26)27(33(30)22-10-6-5-7-11-22)17-19-12-14-20(15-13-19)23(28)31-4/h5-7,10-15,21H,8-9,16-18H2,1-4H3. The van der Waals surface area contributed by atoms with Gasteiger partial charge in [-0.15, -0.1) is 4.31 Å². The molecule has 1 fully saturated rings. The Bertz CT molecular complexity index is 930. The number of benzene rings is 2. The lowest BCUT2D eigenvalue weighted by Gasteiger charge is -2.38. The topological polar surface area (TPSA) is 82.1 Å². The number of amides is 1. The second-order valence-corrected chi connectivity index (χ2v) is 10.5. The minimum absolute atomic E-state index is 0.104. The summed E-state index contributed by atoms with van der Waals surface area (Å²) in [6.07, 6.45) is 1.27. The first-order valence-electron chi connectivity index (χ1n) is 11.1. The summed E-state index contributed by atoms with van der Waals surface area (Å²) in [6, 6.07) is 16.3. The van der Waals surface area contributed by atoms with Gasteiger partial charge in [0.15, 0.2) is 4.90 Å². The third-order valence-corrected chi connectivity index (χ3v) is 6.86. The van der Waals surface area contributed by atoms with E-state index in [1.807, 2.05) is 67.5 Å². The molecule has 2 atom stereocenters. The van der Waals surface area contributed by atoms with E-state index < -0.39 is 22.9 Å². The molecule has 2 aromatic rings. The van der Waals surface area contributed by atoms with Crippen molar-refractivity contribution in [2.24, 2.45) is 0 Å². The molecule has 7 nitrogen and oxygen atoms in total. The Morgan fingerprint density at radius 3 is 2.39 bits per heavy atom. The van der Waals surface area contributed by atoms with Crippen LogP contribution in [0.1, 0.15) is 49.5 Å². The molecular formula is C25H32N2O5S. The average molecular weight is 473 g/mol. The van der Waals surface area contributed by atoms with Crippen LogP contribution in [0.3, 0.4) is 0 Å². The van der Waals surface area contributed by atoms with Crippen molar-refractivity contribution >= 4 is 23.4 Å². The van der Waals surface area contributed by atoms with E-state index in [9.17, 15) is 14.1 Å². The molecule has 0 radical (unpaired) electrons. The Hall–Kier alpha value is -2.55. The molecule has 0 aromatic heterocycles. The lowest BCUT2D eigenvalue weighted by atomic mass is 10.1. The summed E-state index contributed by atoms with van der Waals surface area (Å²) in [5.41, 5.74) is 0.810. The van der Waals surface area contributed by atoms with Crippen molar-refractivity contribution in [2.45, 2.75) is 56.7 Å². The molecule has 178 valence electrons. The lowest BCUT2D eigenvalue weighted by molar-refractivity contribution is 0.0152. The minimum atomic E-state index is -1.42. The average Bonchev–Trinajstić information content (AvgIpc) is 2.81. The third-order valence-electron chi connectivity index (χ3n) is 5.33. The molecule has 1 amide bonds. The van der Waals surface area contributed by atoms with Crippen molar-refractivity contribution in [3.63, 3.8) is 0 Å². The van der Waals surface area contributed by atoms with Gasteiger partial charge < -0.3 is 18.9 Å². The molecule has 2 aromatic carbocycles. The van der Waals surface area contributed by atoms with Crippen LogP contribution in [0.5, 0.6) is 0 Å². The number of carbonyl (C=O) groups excluding carboxylic acids is 2. The summed E-state index contributed by atoms with van der Waals surface area (Å²) >= 11 is -1.42. The molecule has 3 rings (SSSR count). The van der Waals surface area contributed by atoms with Crippen molar-refractivity contribution in [3.8, 4) is 0 Å². The van der Waals surface area contributed by atoms with E-state index in [0.717, 1.165) is 18.4 Å². The van der Waals surface area contributed by atoms with Crippen LogP contribution < -0.4 is 0 Å². The van der Waals surface area contributed by atoms with Crippen molar-refractivity contribution in [1.29, 1.82) is 0 Å². The van der Waals surface area contributed by atoms with Crippen LogP contribution in [-0.2, 0) is 27.4 Å². The molecule has 1 heterocycles. The van der Waals surface area contributed by atoms with Crippen molar-refractivity contribution in [3.05, 3.63) is 65.7 Å². The zero-order valence-corrected chi connectivity index (χ0v) is 20.5. The van der Waals surface area contributed by atoms with Gasteiger partial charge in [0.1, 0.15) is 5.60 Å². The first kappa shape index (κ1) is 25.1. The molecule has 0 aliphatic carbocycles. The van der Waals surface area contributed by atoms with E-state index in [4.69, 9.17) is 9.47 Å². The van der Waals surface area contributed by atoms with Gasteiger partial charge in [-0.25, -0.2) is 9.59 Å². The van der Waals surface area contributed by atoms with E-state index >= 15 is 0 Å². The predicted molar refractivity (Wildman–Crippen MR) is 127 cm³/mol. The predicted octanol–water partition coefficient (Wildman–Crippen LogP) is 4.40. The maximum atomic E-state index is 13.6. The van der Waals surface area contributed by atoms with E-state index in [2.05, 4.69) is 0 Å². The second kappa shape index (κ2) is 11.0. The summed E-state index contributed by atoms with van der Waals surface area (Å²) in [5, 5.41) is 0. The Balaban J connectivity index is 1.82. The fourth-order valence-electron chi connectivity index (χ4n) is 3.72. The highest BCUT2D eigenvalue weighted by Crippen LogP contribution is 2.27. The Kier molecular flexibility index (Phi) is 8.40. The fraction of sp³-hybridized carbons (Fsp3) is 0.440. The Labute approximate surface area is 199 Å². The summed E-state index contributed by atoms with van der Waals surface area (Å²) < 4.78 is 25.9. The quantitative estimate of drug-likeness (QED) is 0.458. The molecule has 1 saturated heterocycles. The number of piperidine rings is 1. The van der Waals surface area contributed by atoms with Gasteiger partial charge in [0, 0.05) is 13.1 Å². The largest absolute Gasteiger partial charge is 0.593 e. The van der Waals surface area contributed by atoms with Crippen molar-refractivity contribution < 1.29 is 23.6 Å². The highest BCUT2D eigenvalue weighted by Gasteiger charge is 2.36. The van der Waals surface area contributed by atoms with Gasteiger partial charge in [-0.05, 0) is 63.4 Å². The van der Waals surface area contributed by atoms with Crippen LogP contribution in [0.25, 0.3) is 0 Å². The molecule has 1 aliphatic rings. The van der Waals surface area contributed by atoms with Gasteiger partial charge in [-0.3, -0.25) is 0 Å². The van der Waals surface area contributed by atoms with Crippen LogP contribution in [0.15, 0.2) is 59.5 Å². The Morgan fingerprint density at radius 1 is 1.12 bits per heavy atom. The first-order chi connectivity index (χ1) is 15.7. The molecule has 1 aliphatic heterocycles. The smallest absolute Gasteiger partial charge is 0.410 e. The number of methoxy groups -OCH3 is 1. The highest BCUT2D eigenvalue weighted by molar-refractivity contribution is 7.89. The van der Waals surface area contributed by atoms with Crippen LogP contribution in [0, 0.1) is 0 Å². The van der Waals surface area contributed by atoms with E-state index in [0.29, 0.717) is 30.1 Å². The van der Waals surface area contributed by atoms with Gasteiger partial charge in [0.05, 0.1) is 36.6 Å². The Morgan fingerprint density at radius 2 is 1.79 bits per heavy atom. The molecular weight excluding hydrogens is 440 g/mol. The zero-order valence-electron chi connectivity index (χ0n) is 19.7. The number of esters is 1. The molecule has 0 bridgehead atoms. The van der Waals surface area contributed by atoms with Gasteiger partial charge >= 0.3 is 12.1 Å². The van der Waals surface area contributed by atoms with Gasteiger partial charge in [0.25, 0.3) is 0 Å². The van der Waals surface area contributed by atoms with Crippen LogP contribution >= 0.6 is 0 Å². The van der Waals surface area contributed by atoms with Crippen molar-refractivity contribution in [2.75, 3.05) is 20.2 Å². The molecule has 0 saturated carbocycles. The third kappa shape index (κ3) is 6.96. The van der Waals surface area contributed by atoms with Crippen LogP contribution in [0.4, 0.5) is 4.79 Å². The van der Waals surface area contributed by atoms with Crippen molar-refractivity contribution in [1.82, 2.24) is 9.21 Å². The number of hydrogen-bond donors (Lipinski definition) is 0. The lowest BCUT2D eigenvalue weighted by Crippen LogP contribution is -2.52. The van der Waals surface area contributed by atoms with Crippen LogP contribution in [0.2, 0.25) is 0 Å². The van der Waals surface area contributed by atoms with Gasteiger partial charge in [0.2, 0.25) is 0 Å². The van der Waals surface area contributed by atoms with Crippen LogP contribution in [-0.4, -0.2) is 57.7 Å². The zero-order chi connectivity index (χ0) is 24.0. The summed E-state index contributed by atoms with van der Waals surface area (Å²) in [7, 11) is 1.35. The van der Waals surface area contributed by atoms with E-state index in [1.54, 1.807) is 17.0 Å². The second-order valence-electron chi connectivity index (χ2n) is 9.05. The van der Waals surface area contributed by atoms with E-state index in [-0.39, 0.29) is 12.1 Å². The summed E-state index contributed by atoms with van der Waals surface area (Å²) in [4.78, 5) is 26.8. The SMILES string of the molecule is COC(=O)c1ccc(CN(C2CCCN(C(=O)OC(C)(C)C)C2)[S+]([O-])c2ccccc2)cc1. The number of ether oxygens (including phenoxy) is 2. The molecule has 33 heavy (non-hydrogen) atoms. The number of carbonyl (C=O) groups is 2. The molecule has 0 spiro atoms. The molecule has 8 heteroatoms. The highest BCUT2D eigenvalue weighted by atomic mass is 32.2. The summed E-state index contributed by atoms with van der Waals surface area (Å²) in [6.45, 7) is 7.01. The summed E-state index contributed by atoms with van der Waals surface area (Å²) in [5.74, 6) is -0.397. The maximum Gasteiger partial charge on any atom is 0.410 e. The molecule has 2 unspecified atom stereocenters. The van der Waals surface area contributed by atoms with Gasteiger partial charge in [-0.2, -0.15) is 0 Å².